The van der Waals surface area contributed by atoms with Crippen molar-refractivity contribution in [3.63, 3.8) is 0 Å². The first-order valence-electron chi connectivity index (χ1n) is 11.5. The summed E-state index contributed by atoms with van der Waals surface area (Å²) in [5.74, 6) is -1.40. The maximum atomic E-state index is 13.6. The third-order valence-electron chi connectivity index (χ3n) is 6.31. The zero-order valence-corrected chi connectivity index (χ0v) is 20.8. The van der Waals surface area contributed by atoms with Crippen LogP contribution < -0.4 is 5.32 Å². The number of hydrogen-bond acceptors (Lipinski definition) is 4. The van der Waals surface area contributed by atoms with Crippen LogP contribution in [-0.2, 0) is 37.7 Å². The molecule has 1 saturated heterocycles. The fourth-order valence-electron chi connectivity index (χ4n) is 4.23. The average Bonchev–Trinajstić information content (AvgIpc) is 3.00. The maximum Gasteiger partial charge on any atom is 0.416 e. The summed E-state index contributed by atoms with van der Waals surface area (Å²) in [5.41, 5.74) is -0.326. The van der Waals surface area contributed by atoms with E-state index in [0.29, 0.717) is 37.1 Å². The van der Waals surface area contributed by atoms with Crippen molar-refractivity contribution in [1.82, 2.24) is 9.62 Å². The minimum absolute atomic E-state index is 0.0942. The number of carboxylic acids is 1. The predicted octanol–water partition coefficient (Wildman–Crippen LogP) is 4.32. The molecule has 1 aliphatic heterocycles. The number of alkyl halides is 3. The summed E-state index contributed by atoms with van der Waals surface area (Å²) < 4.78 is 67.2. The van der Waals surface area contributed by atoms with Crippen molar-refractivity contribution in [3.05, 3.63) is 65.2 Å². The number of benzene rings is 2. The quantitative estimate of drug-likeness (QED) is 0.533. The molecule has 0 radical (unpaired) electrons. The molecule has 0 aliphatic carbocycles. The van der Waals surface area contributed by atoms with Gasteiger partial charge >= 0.3 is 12.1 Å². The van der Waals surface area contributed by atoms with Crippen LogP contribution in [0.1, 0.15) is 56.2 Å². The summed E-state index contributed by atoms with van der Waals surface area (Å²) in [5, 5.41) is 11.9. The number of carbonyl (C=O) groups excluding carboxylic acids is 1. The summed E-state index contributed by atoms with van der Waals surface area (Å²) in [4.78, 5) is 23.6. The van der Waals surface area contributed by atoms with Crippen molar-refractivity contribution in [2.75, 3.05) is 6.54 Å². The monoisotopic (exact) mass is 526 g/mol. The molecule has 1 atom stereocenters. The molecule has 2 N–H and O–H groups in total. The van der Waals surface area contributed by atoms with E-state index in [4.69, 9.17) is 5.11 Å². The van der Waals surface area contributed by atoms with Crippen LogP contribution in [0.2, 0.25) is 0 Å². The smallest absolute Gasteiger partial charge is 0.416 e. The van der Waals surface area contributed by atoms with Crippen LogP contribution in [0.3, 0.4) is 0 Å². The van der Waals surface area contributed by atoms with E-state index in [-0.39, 0.29) is 24.3 Å². The number of hydrogen-bond donors (Lipinski definition) is 2. The van der Waals surface area contributed by atoms with Gasteiger partial charge in [0, 0.05) is 18.5 Å². The van der Waals surface area contributed by atoms with Crippen LogP contribution >= 0.6 is 0 Å². The molecule has 2 aromatic rings. The van der Waals surface area contributed by atoms with Crippen LogP contribution in [-0.4, -0.2) is 42.3 Å². The van der Waals surface area contributed by atoms with Crippen LogP contribution in [0.4, 0.5) is 13.2 Å². The second-order valence-corrected chi connectivity index (χ2v) is 11.4. The Morgan fingerprint density at radius 2 is 1.61 bits per heavy atom. The largest absolute Gasteiger partial charge is 0.481 e. The summed E-state index contributed by atoms with van der Waals surface area (Å²) in [7, 11) is -4.34. The molecule has 7 nitrogen and oxygen atoms in total. The minimum Gasteiger partial charge on any atom is -0.481 e. The third-order valence-corrected chi connectivity index (χ3v) is 8.18. The van der Waals surface area contributed by atoms with Gasteiger partial charge in [-0.05, 0) is 54.7 Å². The van der Waals surface area contributed by atoms with Crippen molar-refractivity contribution >= 4 is 21.9 Å². The van der Waals surface area contributed by atoms with Crippen molar-refractivity contribution in [1.29, 1.82) is 0 Å². The standard InChI is InChI=1S/C25H29F3N2O5S/c1-24(2,15-22(31)32)18-8-6-17(7-9-18)16-30(21-5-3-4-14-29-23(21)33)36(34,35)20-12-10-19(11-13-20)25(26,27)28/h6-13,21H,3-5,14-16H2,1-2H3,(H,29,33)(H,31,32)/t21-/m1/s1. The highest BCUT2D eigenvalue weighted by atomic mass is 32.2. The Hall–Kier alpha value is -2.92. The molecule has 1 amide bonds. The van der Waals surface area contributed by atoms with E-state index in [2.05, 4.69) is 5.32 Å². The van der Waals surface area contributed by atoms with E-state index < -0.39 is 45.1 Å². The lowest BCUT2D eigenvalue weighted by Gasteiger charge is -2.30. The molecule has 0 unspecified atom stereocenters. The van der Waals surface area contributed by atoms with Gasteiger partial charge in [-0.1, -0.05) is 38.1 Å². The minimum atomic E-state index is -4.61. The van der Waals surface area contributed by atoms with Crippen LogP contribution in [0.5, 0.6) is 0 Å². The van der Waals surface area contributed by atoms with Gasteiger partial charge in [0.1, 0.15) is 6.04 Å². The highest BCUT2D eigenvalue weighted by molar-refractivity contribution is 7.89. The first kappa shape index (κ1) is 27.7. The molecule has 1 aliphatic rings. The van der Waals surface area contributed by atoms with Crippen LogP contribution in [0.15, 0.2) is 53.4 Å². The van der Waals surface area contributed by atoms with Gasteiger partial charge < -0.3 is 10.4 Å². The fraction of sp³-hybridized carbons (Fsp3) is 0.440. The number of amides is 1. The predicted molar refractivity (Wildman–Crippen MR) is 127 cm³/mol. The van der Waals surface area contributed by atoms with E-state index >= 15 is 0 Å². The second-order valence-electron chi connectivity index (χ2n) is 9.53. The zero-order valence-electron chi connectivity index (χ0n) is 20.0. The summed E-state index contributed by atoms with van der Waals surface area (Å²) in [6.45, 7) is 3.80. The Labute approximate surface area is 208 Å². The molecule has 0 bridgehead atoms. The lowest BCUT2D eigenvalue weighted by Crippen LogP contribution is -2.48. The maximum absolute atomic E-state index is 13.6. The van der Waals surface area contributed by atoms with Gasteiger partial charge in [-0.25, -0.2) is 8.42 Å². The molecule has 3 rings (SSSR count). The first-order valence-corrected chi connectivity index (χ1v) is 12.9. The van der Waals surface area contributed by atoms with E-state index in [9.17, 15) is 31.2 Å². The molecule has 1 heterocycles. The Morgan fingerprint density at radius 1 is 1.03 bits per heavy atom. The summed E-state index contributed by atoms with van der Waals surface area (Å²) >= 11 is 0. The molecule has 196 valence electrons. The van der Waals surface area contributed by atoms with Gasteiger partial charge in [-0.15, -0.1) is 0 Å². The molecule has 0 spiro atoms. The highest BCUT2D eigenvalue weighted by Gasteiger charge is 2.37. The van der Waals surface area contributed by atoms with E-state index in [1.54, 1.807) is 38.1 Å². The van der Waals surface area contributed by atoms with E-state index in [1.165, 1.54) is 0 Å². The van der Waals surface area contributed by atoms with Crippen molar-refractivity contribution < 1.29 is 36.3 Å². The normalized spacial score (nSPS) is 17.5. The van der Waals surface area contributed by atoms with Gasteiger partial charge in [0.25, 0.3) is 0 Å². The fourth-order valence-corrected chi connectivity index (χ4v) is 5.84. The van der Waals surface area contributed by atoms with Crippen molar-refractivity contribution in [2.45, 2.75) is 68.6 Å². The Morgan fingerprint density at radius 3 is 2.17 bits per heavy atom. The molecular weight excluding hydrogens is 497 g/mol. The third kappa shape index (κ3) is 6.44. The number of halogens is 3. The topological polar surface area (TPSA) is 104 Å². The lowest BCUT2D eigenvalue weighted by atomic mass is 9.81. The van der Waals surface area contributed by atoms with Crippen LogP contribution in [0, 0.1) is 0 Å². The number of carbonyl (C=O) groups is 2. The highest BCUT2D eigenvalue weighted by Crippen LogP contribution is 2.32. The molecule has 36 heavy (non-hydrogen) atoms. The summed E-state index contributed by atoms with van der Waals surface area (Å²) in [6.07, 6.45) is -3.15. The number of aliphatic carboxylic acids is 1. The number of nitrogens with one attached hydrogen (secondary N) is 1. The molecule has 2 aromatic carbocycles. The SMILES string of the molecule is CC(C)(CC(=O)O)c1ccc(CN([C@@H]2CCCCNC2=O)S(=O)(=O)c2ccc(C(F)(F)F)cc2)cc1. The van der Waals surface area contributed by atoms with Gasteiger partial charge in [0.15, 0.2) is 0 Å². The van der Waals surface area contributed by atoms with Gasteiger partial charge in [-0.3, -0.25) is 9.59 Å². The van der Waals surface area contributed by atoms with E-state index in [1.807, 2.05) is 0 Å². The van der Waals surface area contributed by atoms with E-state index in [0.717, 1.165) is 22.0 Å². The second kappa shape index (κ2) is 10.6. The molecule has 1 fully saturated rings. The Bertz CT molecular complexity index is 1190. The zero-order chi connectivity index (χ0) is 26.7. The van der Waals surface area contributed by atoms with Crippen LogP contribution in [0.25, 0.3) is 0 Å². The van der Waals surface area contributed by atoms with Gasteiger partial charge in [-0.2, -0.15) is 17.5 Å². The molecular formula is C25H29F3N2O5S. The first-order chi connectivity index (χ1) is 16.7. The number of nitrogens with zero attached hydrogens (tertiary/aromatic N) is 1. The number of rotatable bonds is 8. The lowest BCUT2D eigenvalue weighted by molar-refractivity contribution is -0.138. The summed E-state index contributed by atoms with van der Waals surface area (Å²) in [6, 6.07) is 8.96. The molecule has 0 aromatic heterocycles. The van der Waals surface area contributed by atoms with Crippen molar-refractivity contribution in [3.8, 4) is 0 Å². The van der Waals surface area contributed by atoms with Gasteiger partial charge in [0.2, 0.25) is 15.9 Å². The average molecular weight is 527 g/mol. The molecule has 11 heteroatoms. The number of sulfonamides is 1. The molecule has 0 saturated carbocycles. The Kier molecular flexibility index (Phi) is 8.14. The van der Waals surface area contributed by atoms with Crippen molar-refractivity contribution in [2.24, 2.45) is 0 Å². The van der Waals surface area contributed by atoms with Gasteiger partial charge in [0.05, 0.1) is 16.9 Å². The Balaban J connectivity index is 1.97. The number of carboxylic acid groups (broad SMARTS) is 1.